The Morgan fingerprint density at radius 2 is 1.91 bits per heavy atom. The Morgan fingerprint density at radius 3 is 2.68 bits per heavy atom. The number of nitrogens with zero attached hydrogens (tertiary/aromatic N) is 1. The second-order valence-corrected chi connectivity index (χ2v) is 6.54. The normalized spacial score (nSPS) is 18.0. The molecule has 2 aliphatic rings. The number of carbonyl (C=O) groups excluding carboxylic acids is 1. The van der Waals surface area contributed by atoms with Gasteiger partial charge in [-0.1, -0.05) is 25.3 Å². The summed E-state index contributed by atoms with van der Waals surface area (Å²) in [5.41, 5.74) is 2.83. The number of ether oxygens (including phenoxy) is 1. The van der Waals surface area contributed by atoms with E-state index < -0.39 is 0 Å². The van der Waals surface area contributed by atoms with Crippen LogP contribution in [0, 0.1) is 0 Å². The molecule has 0 radical (unpaired) electrons. The summed E-state index contributed by atoms with van der Waals surface area (Å²) in [4.78, 5) is 14.5. The zero-order chi connectivity index (χ0) is 15.4. The van der Waals surface area contributed by atoms with Crippen LogP contribution in [0.5, 0.6) is 5.75 Å². The zero-order valence-corrected chi connectivity index (χ0v) is 13.6. The number of rotatable bonds is 5. The molecule has 0 atom stereocenters. The van der Waals surface area contributed by atoms with Crippen LogP contribution in [0.3, 0.4) is 0 Å². The molecular formula is C19H27NO2. The summed E-state index contributed by atoms with van der Waals surface area (Å²) in [5.74, 6) is 0.976. The first-order valence-corrected chi connectivity index (χ1v) is 8.82. The first-order valence-electron chi connectivity index (χ1n) is 8.82. The molecule has 2 aliphatic carbocycles. The quantitative estimate of drug-likeness (QED) is 0.829. The molecular weight excluding hydrogens is 274 g/mol. The maximum atomic E-state index is 12.5. The molecule has 1 fully saturated rings. The van der Waals surface area contributed by atoms with E-state index in [0.717, 1.165) is 31.6 Å². The average Bonchev–Trinajstić information content (AvgIpc) is 3.02. The van der Waals surface area contributed by atoms with Crippen LogP contribution in [0.25, 0.3) is 0 Å². The Kier molecular flexibility index (Phi) is 5.01. The van der Waals surface area contributed by atoms with Gasteiger partial charge in [0.15, 0.2) is 6.61 Å². The van der Waals surface area contributed by atoms with Gasteiger partial charge in [-0.3, -0.25) is 4.79 Å². The highest BCUT2D eigenvalue weighted by atomic mass is 16.5. The smallest absolute Gasteiger partial charge is 0.260 e. The minimum Gasteiger partial charge on any atom is -0.484 e. The van der Waals surface area contributed by atoms with Crippen LogP contribution in [-0.2, 0) is 17.6 Å². The SMILES string of the molecule is CCN(C(=O)COc1ccc2c(c1)CCC2)C1CCCCC1. The molecule has 1 saturated carbocycles. The monoisotopic (exact) mass is 301 g/mol. The minimum absolute atomic E-state index is 0.134. The first-order chi connectivity index (χ1) is 10.8. The number of hydrogen-bond donors (Lipinski definition) is 0. The third-order valence-electron chi connectivity index (χ3n) is 5.11. The summed E-state index contributed by atoms with van der Waals surface area (Å²) in [7, 11) is 0. The van der Waals surface area contributed by atoms with E-state index in [-0.39, 0.29) is 12.5 Å². The lowest BCUT2D eigenvalue weighted by atomic mass is 9.94. The maximum absolute atomic E-state index is 12.5. The fourth-order valence-electron chi connectivity index (χ4n) is 3.90. The molecule has 0 N–H and O–H groups in total. The highest BCUT2D eigenvalue weighted by molar-refractivity contribution is 5.78. The minimum atomic E-state index is 0.134. The van der Waals surface area contributed by atoms with Crippen LogP contribution < -0.4 is 4.74 Å². The first kappa shape index (κ1) is 15.4. The number of likely N-dealkylation sites (N-methyl/N-ethyl adjacent to an activating group) is 1. The van der Waals surface area contributed by atoms with Crippen molar-refractivity contribution in [3.8, 4) is 5.75 Å². The summed E-state index contributed by atoms with van der Waals surface area (Å²) in [5, 5.41) is 0. The third-order valence-corrected chi connectivity index (χ3v) is 5.11. The van der Waals surface area contributed by atoms with Crippen molar-refractivity contribution in [3.63, 3.8) is 0 Å². The number of amides is 1. The van der Waals surface area contributed by atoms with Crippen molar-refractivity contribution in [3.05, 3.63) is 29.3 Å². The highest BCUT2D eigenvalue weighted by Crippen LogP contribution is 2.26. The molecule has 0 aromatic heterocycles. The molecule has 0 heterocycles. The Labute approximate surface area is 133 Å². The van der Waals surface area contributed by atoms with Crippen molar-refractivity contribution in [2.45, 2.75) is 64.3 Å². The Bertz CT molecular complexity index is 520. The molecule has 0 aliphatic heterocycles. The summed E-state index contributed by atoms with van der Waals surface area (Å²) >= 11 is 0. The van der Waals surface area contributed by atoms with Crippen LogP contribution in [0.15, 0.2) is 18.2 Å². The van der Waals surface area contributed by atoms with Gasteiger partial charge in [0.1, 0.15) is 5.75 Å². The number of aryl methyl sites for hydroxylation is 2. The Hall–Kier alpha value is -1.51. The van der Waals surface area contributed by atoms with E-state index in [2.05, 4.69) is 19.1 Å². The van der Waals surface area contributed by atoms with Gasteiger partial charge in [0.05, 0.1) is 0 Å². The standard InChI is InChI=1S/C19H27NO2/c1-2-20(17-9-4-3-5-10-17)19(21)14-22-18-12-11-15-7-6-8-16(15)13-18/h11-13,17H,2-10,14H2,1H3. The summed E-state index contributed by atoms with van der Waals surface area (Å²) in [6.45, 7) is 3.03. The molecule has 1 aromatic carbocycles. The van der Waals surface area contributed by atoms with Crippen LogP contribution >= 0.6 is 0 Å². The van der Waals surface area contributed by atoms with E-state index in [4.69, 9.17) is 4.74 Å². The number of carbonyl (C=O) groups is 1. The Morgan fingerprint density at radius 1 is 1.14 bits per heavy atom. The van der Waals surface area contributed by atoms with Gasteiger partial charge < -0.3 is 9.64 Å². The summed E-state index contributed by atoms with van der Waals surface area (Å²) in [6, 6.07) is 6.71. The van der Waals surface area contributed by atoms with Crippen molar-refractivity contribution in [2.24, 2.45) is 0 Å². The molecule has 3 heteroatoms. The van der Waals surface area contributed by atoms with E-state index in [1.54, 1.807) is 0 Å². The number of hydrogen-bond acceptors (Lipinski definition) is 2. The zero-order valence-electron chi connectivity index (χ0n) is 13.6. The topological polar surface area (TPSA) is 29.5 Å². The predicted molar refractivity (Wildman–Crippen MR) is 88.2 cm³/mol. The van der Waals surface area contributed by atoms with Gasteiger partial charge in [-0.25, -0.2) is 0 Å². The molecule has 1 amide bonds. The van der Waals surface area contributed by atoms with Gasteiger partial charge in [-0.15, -0.1) is 0 Å². The molecule has 22 heavy (non-hydrogen) atoms. The fourth-order valence-corrected chi connectivity index (χ4v) is 3.90. The van der Waals surface area contributed by atoms with Gasteiger partial charge in [-0.05, 0) is 62.3 Å². The van der Waals surface area contributed by atoms with Crippen LogP contribution in [-0.4, -0.2) is 30.0 Å². The molecule has 1 aromatic rings. The van der Waals surface area contributed by atoms with E-state index in [9.17, 15) is 4.79 Å². The van der Waals surface area contributed by atoms with E-state index in [1.165, 1.54) is 43.2 Å². The molecule has 120 valence electrons. The van der Waals surface area contributed by atoms with Crippen LogP contribution in [0.4, 0.5) is 0 Å². The van der Waals surface area contributed by atoms with E-state index in [1.807, 2.05) is 11.0 Å². The van der Waals surface area contributed by atoms with E-state index >= 15 is 0 Å². The molecule has 3 nitrogen and oxygen atoms in total. The van der Waals surface area contributed by atoms with Crippen molar-refractivity contribution in [1.82, 2.24) is 4.90 Å². The molecule has 0 spiro atoms. The van der Waals surface area contributed by atoms with Crippen LogP contribution in [0.2, 0.25) is 0 Å². The predicted octanol–water partition coefficient (Wildman–Crippen LogP) is 3.74. The second-order valence-electron chi connectivity index (χ2n) is 6.54. The van der Waals surface area contributed by atoms with E-state index in [0.29, 0.717) is 6.04 Å². The summed E-state index contributed by atoms with van der Waals surface area (Å²) in [6.07, 6.45) is 9.68. The molecule has 3 rings (SSSR count). The molecule has 0 saturated heterocycles. The maximum Gasteiger partial charge on any atom is 0.260 e. The van der Waals surface area contributed by atoms with Crippen molar-refractivity contribution < 1.29 is 9.53 Å². The lowest BCUT2D eigenvalue weighted by molar-refractivity contribution is -0.136. The lowest BCUT2D eigenvalue weighted by Gasteiger charge is -2.33. The van der Waals surface area contributed by atoms with Crippen molar-refractivity contribution >= 4 is 5.91 Å². The molecule has 0 unspecified atom stereocenters. The largest absolute Gasteiger partial charge is 0.484 e. The van der Waals surface area contributed by atoms with Gasteiger partial charge in [0.25, 0.3) is 5.91 Å². The Balaban J connectivity index is 1.56. The fraction of sp³-hybridized carbons (Fsp3) is 0.632. The van der Waals surface area contributed by atoms with Gasteiger partial charge in [0, 0.05) is 12.6 Å². The van der Waals surface area contributed by atoms with Crippen molar-refractivity contribution in [1.29, 1.82) is 0 Å². The third kappa shape index (κ3) is 3.45. The van der Waals surface area contributed by atoms with Gasteiger partial charge in [-0.2, -0.15) is 0 Å². The molecule has 0 bridgehead atoms. The van der Waals surface area contributed by atoms with Gasteiger partial charge >= 0.3 is 0 Å². The number of fused-ring (bicyclic) bond motifs is 1. The van der Waals surface area contributed by atoms with Crippen LogP contribution in [0.1, 0.15) is 56.6 Å². The van der Waals surface area contributed by atoms with Gasteiger partial charge in [0.2, 0.25) is 0 Å². The number of benzene rings is 1. The average molecular weight is 301 g/mol. The lowest BCUT2D eigenvalue weighted by Crippen LogP contribution is -2.43. The van der Waals surface area contributed by atoms with Crippen molar-refractivity contribution in [2.75, 3.05) is 13.2 Å². The highest BCUT2D eigenvalue weighted by Gasteiger charge is 2.24. The summed E-state index contributed by atoms with van der Waals surface area (Å²) < 4.78 is 5.78. The second kappa shape index (κ2) is 7.17.